The minimum atomic E-state index is 0.271. The summed E-state index contributed by atoms with van der Waals surface area (Å²) in [6.45, 7) is 0. The quantitative estimate of drug-likeness (QED) is 0.782. The van der Waals surface area contributed by atoms with Gasteiger partial charge in [-0.15, -0.1) is 0 Å². The zero-order valence-corrected chi connectivity index (χ0v) is 8.22. The third-order valence-corrected chi connectivity index (χ3v) is 2.23. The average molecular weight is 200 g/mol. The molecule has 0 saturated carbocycles. The average Bonchev–Trinajstić information content (AvgIpc) is 2.17. The molecule has 2 N–H and O–H groups in total. The van der Waals surface area contributed by atoms with Crippen molar-refractivity contribution in [2.45, 2.75) is 6.42 Å². The second kappa shape index (κ2) is 4.05. The van der Waals surface area contributed by atoms with Crippen LogP contribution in [0.3, 0.4) is 0 Å². The van der Waals surface area contributed by atoms with Crippen molar-refractivity contribution in [2.24, 2.45) is 0 Å². The third kappa shape index (κ3) is 2.50. The molecule has 2 heteroatoms. The fourth-order valence-corrected chi connectivity index (χ4v) is 1.57. The number of phenolic OH excluding ortho intramolecular Hbond substituents is 2. The molecule has 0 atom stereocenters. The first kappa shape index (κ1) is 9.59. The van der Waals surface area contributed by atoms with Crippen molar-refractivity contribution in [1.29, 1.82) is 0 Å². The Morgan fingerprint density at radius 1 is 0.733 bits per heavy atom. The molecule has 0 aliphatic heterocycles. The largest absolute Gasteiger partial charge is 0.508 e. The van der Waals surface area contributed by atoms with Crippen LogP contribution in [-0.2, 0) is 6.42 Å². The number of aromatic hydroxyl groups is 2. The van der Waals surface area contributed by atoms with E-state index >= 15 is 0 Å². The van der Waals surface area contributed by atoms with Gasteiger partial charge in [-0.3, -0.25) is 0 Å². The molecule has 0 aliphatic rings. The Bertz CT molecular complexity index is 420. The van der Waals surface area contributed by atoms with Gasteiger partial charge < -0.3 is 10.2 Å². The second-order valence-electron chi connectivity index (χ2n) is 3.52. The third-order valence-electron chi connectivity index (χ3n) is 2.23. The minimum Gasteiger partial charge on any atom is -0.508 e. The summed E-state index contributed by atoms with van der Waals surface area (Å²) in [5.74, 6) is 0.542. The molecule has 2 aromatic carbocycles. The molecule has 76 valence electrons. The summed E-state index contributed by atoms with van der Waals surface area (Å²) in [5.41, 5.74) is 2.06. The predicted molar refractivity (Wildman–Crippen MR) is 59.0 cm³/mol. The lowest BCUT2D eigenvalue weighted by Gasteiger charge is -2.02. The smallest absolute Gasteiger partial charge is 0.115 e. The SMILES string of the molecule is Oc1cccc(Cc2cccc(O)c2)c1. The molecule has 0 saturated heterocycles. The Morgan fingerprint density at radius 2 is 1.20 bits per heavy atom. The van der Waals surface area contributed by atoms with Crippen LogP contribution in [0, 0.1) is 0 Å². The van der Waals surface area contributed by atoms with Crippen molar-refractivity contribution in [1.82, 2.24) is 0 Å². The van der Waals surface area contributed by atoms with Gasteiger partial charge in [0.1, 0.15) is 11.5 Å². The van der Waals surface area contributed by atoms with E-state index in [1.54, 1.807) is 24.3 Å². The molecule has 2 aromatic rings. The van der Waals surface area contributed by atoms with E-state index in [2.05, 4.69) is 0 Å². The van der Waals surface area contributed by atoms with Crippen molar-refractivity contribution in [2.75, 3.05) is 0 Å². The van der Waals surface area contributed by atoms with Gasteiger partial charge in [0, 0.05) is 0 Å². The van der Waals surface area contributed by atoms with Gasteiger partial charge in [-0.1, -0.05) is 24.3 Å². The summed E-state index contributed by atoms with van der Waals surface area (Å²) in [4.78, 5) is 0. The summed E-state index contributed by atoms with van der Waals surface area (Å²) in [6.07, 6.45) is 0.711. The maximum absolute atomic E-state index is 9.30. The van der Waals surface area contributed by atoms with Crippen LogP contribution in [0.25, 0.3) is 0 Å². The van der Waals surface area contributed by atoms with Crippen LogP contribution in [0.15, 0.2) is 48.5 Å². The van der Waals surface area contributed by atoms with Crippen LogP contribution >= 0.6 is 0 Å². The number of hydrogen-bond donors (Lipinski definition) is 2. The highest BCUT2D eigenvalue weighted by molar-refractivity contribution is 5.34. The maximum atomic E-state index is 9.30. The van der Waals surface area contributed by atoms with E-state index in [4.69, 9.17) is 0 Å². The molecule has 0 aromatic heterocycles. The zero-order chi connectivity index (χ0) is 10.7. The Kier molecular flexibility index (Phi) is 2.59. The molecule has 0 unspecified atom stereocenters. The lowest BCUT2D eigenvalue weighted by atomic mass is 10.0. The van der Waals surface area contributed by atoms with Crippen molar-refractivity contribution >= 4 is 0 Å². The molecular formula is C13H12O2. The Balaban J connectivity index is 2.22. The highest BCUT2D eigenvalue weighted by atomic mass is 16.3. The van der Waals surface area contributed by atoms with Gasteiger partial charge in [-0.05, 0) is 41.8 Å². The van der Waals surface area contributed by atoms with Crippen molar-refractivity contribution in [3.8, 4) is 11.5 Å². The highest BCUT2D eigenvalue weighted by Crippen LogP contribution is 2.17. The molecule has 0 fully saturated rings. The van der Waals surface area contributed by atoms with Gasteiger partial charge in [0.15, 0.2) is 0 Å². The summed E-state index contributed by atoms with van der Waals surface area (Å²) >= 11 is 0. The van der Waals surface area contributed by atoms with Crippen molar-refractivity contribution in [3.05, 3.63) is 59.7 Å². The highest BCUT2D eigenvalue weighted by Gasteiger charge is 1.98. The van der Waals surface area contributed by atoms with E-state index in [1.165, 1.54) is 0 Å². The summed E-state index contributed by atoms with van der Waals surface area (Å²) in [6, 6.07) is 14.3. The number of rotatable bonds is 2. The molecule has 0 radical (unpaired) electrons. The summed E-state index contributed by atoms with van der Waals surface area (Å²) < 4.78 is 0. The van der Waals surface area contributed by atoms with E-state index in [-0.39, 0.29) is 11.5 Å². The molecule has 2 nitrogen and oxygen atoms in total. The fourth-order valence-electron chi connectivity index (χ4n) is 1.57. The molecular weight excluding hydrogens is 188 g/mol. The molecule has 0 heterocycles. The maximum Gasteiger partial charge on any atom is 0.115 e. The van der Waals surface area contributed by atoms with Gasteiger partial charge in [0.25, 0.3) is 0 Å². The van der Waals surface area contributed by atoms with E-state index in [9.17, 15) is 10.2 Å². The molecule has 0 aliphatic carbocycles. The van der Waals surface area contributed by atoms with Gasteiger partial charge in [0.05, 0.1) is 0 Å². The van der Waals surface area contributed by atoms with Crippen LogP contribution in [0.4, 0.5) is 0 Å². The van der Waals surface area contributed by atoms with Crippen LogP contribution < -0.4 is 0 Å². The monoisotopic (exact) mass is 200 g/mol. The van der Waals surface area contributed by atoms with Gasteiger partial charge in [-0.25, -0.2) is 0 Å². The van der Waals surface area contributed by atoms with Gasteiger partial charge in [-0.2, -0.15) is 0 Å². The van der Waals surface area contributed by atoms with Crippen molar-refractivity contribution < 1.29 is 10.2 Å². The number of phenols is 2. The normalized spacial score (nSPS) is 10.1. The zero-order valence-electron chi connectivity index (χ0n) is 8.22. The van der Waals surface area contributed by atoms with E-state index in [1.807, 2.05) is 24.3 Å². The molecule has 0 bridgehead atoms. The Labute approximate surface area is 88.4 Å². The van der Waals surface area contributed by atoms with Gasteiger partial charge in [0.2, 0.25) is 0 Å². The minimum absolute atomic E-state index is 0.271. The van der Waals surface area contributed by atoms with E-state index < -0.39 is 0 Å². The first-order chi connectivity index (χ1) is 7.24. The summed E-state index contributed by atoms with van der Waals surface area (Å²) in [5, 5.41) is 18.6. The summed E-state index contributed by atoms with van der Waals surface area (Å²) in [7, 11) is 0. The first-order valence-electron chi connectivity index (χ1n) is 4.80. The molecule has 0 amide bonds. The lowest BCUT2D eigenvalue weighted by Crippen LogP contribution is -1.86. The predicted octanol–water partition coefficient (Wildman–Crippen LogP) is 2.69. The van der Waals surface area contributed by atoms with Gasteiger partial charge >= 0.3 is 0 Å². The topological polar surface area (TPSA) is 40.5 Å². The first-order valence-corrected chi connectivity index (χ1v) is 4.80. The Hall–Kier alpha value is -1.96. The molecule has 15 heavy (non-hydrogen) atoms. The second-order valence-corrected chi connectivity index (χ2v) is 3.52. The molecule has 2 rings (SSSR count). The molecule has 0 spiro atoms. The van der Waals surface area contributed by atoms with E-state index in [0.717, 1.165) is 11.1 Å². The van der Waals surface area contributed by atoms with E-state index in [0.29, 0.717) is 6.42 Å². The Morgan fingerprint density at radius 3 is 1.60 bits per heavy atom. The number of hydrogen-bond acceptors (Lipinski definition) is 2. The lowest BCUT2D eigenvalue weighted by molar-refractivity contribution is 0.474. The fraction of sp³-hybridized carbons (Fsp3) is 0.0769. The standard InChI is InChI=1S/C13H12O2/c14-12-5-1-3-10(8-12)7-11-4-2-6-13(15)9-11/h1-6,8-9,14-15H,7H2. The van der Waals surface area contributed by atoms with Crippen LogP contribution in [0.5, 0.6) is 11.5 Å². The number of benzene rings is 2. The van der Waals surface area contributed by atoms with Crippen LogP contribution in [-0.4, -0.2) is 10.2 Å². The van der Waals surface area contributed by atoms with Crippen molar-refractivity contribution in [3.63, 3.8) is 0 Å². The van der Waals surface area contributed by atoms with Crippen LogP contribution in [0.1, 0.15) is 11.1 Å². The van der Waals surface area contributed by atoms with Crippen LogP contribution in [0.2, 0.25) is 0 Å².